The Morgan fingerprint density at radius 3 is 2.38 bits per heavy atom. The molecule has 2 rings (SSSR count). The summed E-state index contributed by atoms with van der Waals surface area (Å²) < 4.78 is 0. The van der Waals surface area contributed by atoms with Crippen LogP contribution in [0, 0.1) is 5.41 Å². The molecule has 1 aromatic rings. The predicted molar refractivity (Wildman–Crippen MR) is 63.5 cm³/mol. The molecular weight excluding hydrogens is 200 g/mol. The van der Waals surface area contributed by atoms with Gasteiger partial charge in [0.25, 0.3) is 0 Å². The summed E-state index contributed by atoms with van der Waals surface area (Å²) in [5.74, 6) is -0.190. The second-order valence-corrected chi connectivity index (χ2v) is 4.72. The van der Waals surface area contributed by atoms with E-state index in [0.717, 1.165) is 24.8 Å². The van der Waals surface area contributed by atoms with Crippen molar-refractivity contribution in [2.24, 2.45) is 16.9 Å². The summed E-state index contributed by atoms with van der Waals surface area (Å²) in [4.78, 5) is 11.4. The third kappa shape index (κ3) is 1.95. The van der Waals surface area contributed by atoms with Crippen LogP contribution in [0.4, 0.5) is 0 Å². The zero-order chi connectivity index (χ0) is 11.6. The van der Waals surface area contributed by atoms with Gasteiger partial charge in [-0.05, 0) is 24.8 Å². The van der Waals surface area contributed by atoms with E-state index in [0.29, 0.717) is 6.42 Å². The standard InChI is InChI=1S/C13H18N2O/c14-11(10-5-2-1-3-6-10)9-13(12(15)16)7-4-8-13/h1-3,5-6,11H,4,7-9,14H2,(H2,15,16). The zero-order valence-electron chi connectivity index (χ0n) is 9.36. The maximum Gasteiger partial charge on any atom is 0.223 e. The molecule has 1 aliphatic rings. The molecule has 0 aromatic heterocycles. The highest BCUT2D eigenvalue weighted by atomic mass is 16.1. The monoisotopic (exact) mass is 218 g/mol. The van der Waals surface area contributed by atoms with Crippen molar-refractivity contribution in [1.82, 2.24) is 0 Å². The normalized spacial score (nSPS) is 19.8. The fourth-order valence-electron chi connectivity index (χ4n) is 2.39. The first-order chi connectivity index (χ1) is 7.64. The highest BCUT2D eigenvalue weighted by Crippen LogP contribution is 2.46. The summed E-state index contributed by atoms with van der Waals surface area (Å²) in [6, 6.07) is 9.80. The molecule has 1 fully saturated rings. The van der Waals surface area contributed by atoms with Crippen LogP contribution in [0.1, 0.15) is 37.3 Å². The summed E-state index contributed by atoms with van der Waals surface area (Å²) in [5.41, 5.74) is 12.3. The lowest BCUT2D eigenvalue weighted by Gasteiger charge is -2.40. The molecule has 1 aliphatic carbocycles. The lowest BCUT2D eigenvalue weighted by molar-refractivity contribution is -0.133. The average Bonchev–Trinajstić information content (AvgIpc) is 2.24. The molecule has 3 nitrogen and oxygen atoms in total. The number of amides is 1. The van der Waals surface area contributed by atoms with Gasteiger partial charge in [-0.25, -0.2) is 0 Å². The molecule has 1 atom stereocenters. The van der Waals surface area contributed by atoms with E-state index in [-0.39, 0.29) is 17.4 Å². The van der Waals surface area contributed by atoms with Crippen molar-refractivity contribution in [3.05, 3.63) is 35.9 Å². The van der Waals surface area contributed by atoms with Crippen molar-refractivity contribution in [2.75, 3.05) is 0 Å². The minimum absolute atomic E-state index is 0.0889. The van der Waals surface area contributed by atoms with Crippen molar-refractivity contribution in [3.8, 4) is 0 Å². The second-order valence-electron chi connectivity index (χ2n) is 4.72. The molecule has 1 unspecified atom stereocenters. The van der Waals surface area contributed by atoms with Crippen molar-refractivity contribution in [3.63, 3.8) is 0 Å². The summed E-state index contributed by atoms with van der Waals surface area (Å²) >= 11 is 0. The minimum atomic E-state index is -0.338. The van der Waals surface area contributed by atoms with Crippen LogP contribution in [0.5, 0.6) is 0 Å². The van der Waals surface area contributed by atoms with Crippen molar-refractivity contribution < 1.29 is 4.79 Å². The van der Waals surface area contributed by atoms with E-state index < -0.39 is 0 Å². The van der Waals surface area contributed by atoms with Crippen LogP contribution in [-0.4, -0.2) is 5.91 Å². The zero-order valence-corrected chi connectivity index (χ0v) is 9.36. The van der Waals surface area contributed by atoms with Crippen molar-refractivity contribution >= 4 is 5.91 Å². The summed E-state index contributed by atoms with van der Waals surface area (Å²) in [6.45, 7) is 0. The van der Waals surface area contributed by atoms with E-state index >= 15 is 0 Å². The fraction of sp³-hybridized carbons (Fsp3) is 0.462. The Balaban J connectivity index is 2.07. The maximum absolute atomic E-state index is 11.4. The first-order valence-corrected chi connectivity index (χ1v) is 5.74. The van der Waals surface area contributed by atoms with E-state index in [4.69, 9.17) is 11.5 Å². The van der Waals surface area contributed by atoms with E-state index in [1.54, 1.807) is 0 Å². The summed E-state index contributed by atoms with van der Waals surface area (Å²) in [7, 11) is 0. The van der Waals surface area contributed by atoms with Crippen LogP contribution >= 0.6 is 0 Å². The first-order valence-electron chi connectivity index (χ1n) is 5.74. The predicted octanol–water partition coefficient (Wildman–Crippen LogP) is 1.73. The maximum atomic E-state index is 11.4. The van der Waals surface area contributed by atoms with E-state index in [1.807, 2.05) is 30.3 Å². The molecule has 0 aliphatic heterocycles. The number of hydrogen-bond acceptors (Lipinski definition) is 2. The van der Waals surface area contributed by atoms with E-state index in [1.165, 1.54) is 0 Å². The Morgan fingerprint density at radius 1 is 1.31 bits per heavy atom. The molecular formula is C13H18N2O. The minimum Gasteiger partial charge on any atom is -0.369 e. The van der Waals surface area contributed by atoms with Gasteiger partial charge in [0.15, 0.2) is 0 Å². The first kappa shape index (κ1) is 11.1. The molecule has 1 amide bonds. The molecule has 16 heavy (non-hydrogen) atoms. The van der Waals surface area contributed by atoms with Crippen LogP contribution < -0.4 is 11.5 Å². The Morgan fingerprint density at radius 2 is 1.94 bits per heavy atom. The van der Waals surface area contributed by atoms with Crippen LogP contribution in [0.3, 0.4) is 0 Å². The number of hydrogen-bond donors (Lipinski definition) is 2. The molecule has 0 saturated heterocycles. The SMILES string of the molecule is NC(=O)C1(CC(N)c2ccccc2)CCC1. The van der Waals surface area contributed by atoms with Crippen LogP contribution in [0.15, 0.2) is 30.3 Å². The van der Waals surface area contributed by atoms with Gasteiger partial charge in [0.1, 0.15) is 0 Å². The highest BCUT2D eigenvalue weighted by Gasteiger charge is 2.43. The summed E-state index contributed by atoms with van der Waals surface area (Å²) in [5, 5.41) is 0. The topological polar surface area (TPSA) is 69.1 Å². The highest BCUT2D eigenvalue weighted by molar-refractivity contribution is 5.81. The van der Waals surface area contributed by atoms with Gasteiger partial charge in [-0.2, -0.15) is 0 Å². The number of carbonyl (C=O) groups is 1. The van der Waals surface area contributed by atoms with Gasteiger partial charge in [-0.1, -0.05) is 36.8 Å². The van der Waals surface area contributed by atoms with Crippen LogP contribution in [-0.2, 0) is 4.79 Å². The van der Waals surface area contributed by atoms with Gasteiger partial charge in [0, 0.05) is 6.04 Å². The number of benzene rings is 1. The van der Waals surface area contributed by atoms with Crippen molar-refractivity contribution in [1.29, 1.82) is 0 Å². The molecule has 0 bridgehead atoms. The molecule has 4 N–H and O–H groups in total. The number of carbonyl (C=O) groups excluding carboxylic acids is 1. The van der Waals surface area contributed by atoms with E-state index in [9.17, 15) is 4.79 Å². The molecule has 1 aromatic carbocycles. The Labute approximate surface area is 95.8 Å². The van der Waals surface area contributed by atoms with Gasteiger partial charge in [0.05, 0.1) is 5.41 Å². The lowest BCUT2D eigenvalue weighted by atomic mass is 9.64. The van der Waals surface area contributed by atoms with Crippen molar-refractivity contribution in [2.45, 2.75) is 31.7 Å². The molecule has 86 valence electrons. The van der Waals surface area contributed by atoms with Gasteiger partial charge in [-0.15, -0.1) is 0 Å². The fourth-order valence-corrected chi connectivity index (χ4v) is 2.39. The lowest BCUT2D eigenvalue weighted by Crippen LogP contribution is -2.44. The third-order valence-electron chi connectivity index (χ3n) is 3.67. The van der Waals surface area contributed by atoms with Crippen LogP contribution in [0.2, 0.25) is 0 Å². The number of rotatable bonds is 4. The molecule has 0 radical (unpaired) electrons. The van der Waals surface area contributed by atoms with Crippen LogP contribution in [0.25, 0.3) is 0 Å². The van der Waals surface area contributed by atoms with Gasteiger partial charge in [0.2, 0.25) is 5.91 Å². The largest absolute Gasteiger partial charge is 0.369 e. The third-order valence-corrected chi connectivity index (χ3v) is 3.67. The Bertz CT molecular complexity index is 371. The molecule has 0 spiro atoms. The number of primary amides is 1. The van der Waals surface area contributed by atoms with E-state index in [2.05, 4.69) is 0 Å². The Hall–Kier alpha value is -1.35. The molecule has 3 heteroatoms. The average molecular weight is 218 g/mol. The summed E-state index contributed by atoms with van der Waals surface area (Å²) in [6.07, 6.45) is 3.54. The van der Waals surface area contributed by atoms with Gasteiger partial charge < -0.3 is 11.5 Å². The molecule has 1 saturated carbocycles. The number of nitrogens with two attached hydrogens (primary N) is 2. The Kier molecular flexibility index (Phi) is 2.97. The smallest absolute Gasteiger partial charge is 0.223 e. The van der Waals surface area contributed by atoms with Gasteiger partial charge in [-0.3, -0.25) is 4.79 Å². The molecule has 0 heterocycles. The van der Waals surface area contributed by atoms with Gasteiger partial charge >= 0.3 is 0 Å². The second kappa shape index (κ2) is 4.26. The quantitative estimate of drug-likeness (QED) is 0.808.